The average Bonchev–Trinajstić information content (AvgIpc) is 2.61. The number of hydrogen-bond acceptors (Lipinski definition) is 6. The van der Waals surface area contributed by atoms with Gasteiger partial charge in [-0.15, -0.1) is 4.36 Å². The third-order valence-electron chi connectivity index (χ3n) is 4.08. The molecule has 1 N–H and O–H groups in total. The Morgan fingerprint density at radius 1 is 1.30 bits per heavy atom. The summed E-state index contributed by atoms with van der Waals surface area (Å²) in [7, 11) is 0.520. The van der Waals surface area contributed by atoms with Gasteiger partial charge in [0.25, 0.3) is 0 Å². The Morgan fingerprint density at radius 2 is 1.93 bits per heavy atom. The number of hydrogen-bond donors (Lipinski definition) is 1. The number of rotatable bonds is 9. The van der Waals surface area contributed by atoms with E-state index in [2.05, 4.69) is 23.5 Å². The van der Waals surface area contributed by atoms with E-state index in [1.165, 1.54) is 7.11 Å². The average molecular weight is 414 g/mol. The summed E-state index contributed by atoms with van der Waals surface area (Å²) in [6.45, 7) is 4.15. The van der Waals surface area contributed by atoms with E-state index in [4.69, 9.17) is 17.0 Å². The smallest absolute Gasteiger partial charge is 0.316 e. The molecule has 0 radical (unpaired) electrons. The van der Waals surface area contributed by atoms with E-state index < -0.39 is 10.5 Å². The summed E-state index contributed by atoms with van der Waals surface area (Å²) in [5.41, 5.74) is 0.804. The molecule has 1 rings (SSSR count). The predicted octanol–water partition coefficient (Wildman–Crippen LogP) is 3.23. The van der Waals surface area contributed by atoms with E-state index in [9.17, 15) is 13.2 Å². The van der Waals surface area contributed by atoms with Crippen LogP contribution in [-0.4, -0.2) is 44.5 Å². The van der Waals surface area contributed by atoms with Crippen molar-refractivity contribution in [1.82, 2.24) is 10.2 Å². The van der Waals surface area contributed by atoms with Crippen LogP contribution in [0, 0.1) is 0 Å². The Hall–Kier alpha value is -2.00. The van der Waals surface area contributed by atoms with Crippen LogP contribution in [0.15, 0.2) is 22.6 Å². The van der Waals surface area contributed by atoms with Crippen molar-refractivity contribution in [3.05, 3.63) is 23.8 Å². The SMILES string of the molecule is CCCC(CCC)N(C(=O)Cc1ccc(OC)c(N=S(=O)=O)c1)C(=S)NC. The van der Waals surface area contributed by atoms with Crippen LogP contribution in [0.3, 0.4) is 0 Å². The van der Waals surface area contributed by atoms with Gasteiger partial charge in [0.2, 0.25) is 5.91 Å². The van der Waals surface area contributed by atoms with E-state index in [1.54, 1.807) is 30.1 Å². The van der Waals surface area contributed by atoms with Crippen molar-refractivity contribution in [2.75, 3.05) is 14.2 Å². The summed E-state index contributed by atoms with van der Waals surface area (Å²) < 4.78 is 30.5. The summed E-state index contributed by atoms with van der Waals surface area (Å²) in [6.07, 6.45) is 3.70. The first-order valence-electron chi connectivity index (χ1n) is 8.89. The maximum Gasteiger partial charge on any atom is 0.316 e. The minimum atomic E-state index is -2.61. The van der Waals surface area contributed by atoms with Crippen molar-refractivity contribution in [3.8, 4) is 5.75 Å². The highest BCUT2D eigenvalue weighted by Gasteiger charge is 2.26. The van der Waals surface area contributed by atoms with Gasteiger partial charge in [0.1, 0.15) is 11.4 Å². The highest BCUT2D eigenvalue weighted by atomic mass is 32.2. The van der Waals surface area contributed by atoms with E-state index in [0.717, 1.165) is 25.7 Å². The lowest BCUT2D eigenvalue weighted by atomic mass is 10.0. The van der Waals surface area contributed by atoms with Gasteiger partial charge in [-0.05, 0) is 42.8 Å². The molecule has 27 heavy (non-hydrogen) atoms. The molecule has 0 unspecified atom stereocenters. The fourth-order valence-electron chi connectivity index (χ4n) is 2.93. The molecular weight excluding hydrogens is 386 g/mol. The van der Waals surface area contributed by atoms with Crippen molar-refractivity contribution >= 4 is 39.4 Å². The monoisotopic (exact) mass is 413 g/mol. The topological polar surface area (TPSA) is 88.1 Å². The number of benzene rings is 1. The van der Waals surface area contributed by atoms with E-state index in [-0.39, 0.29) is 24.1 Å². The molecule has 7 nitrogen and oxygen atoms in total. The molecule has 0 aliphatic heterocycles. The van der Waals surface area contributed by atoms with E-state index >= 15 is 0 Å². The van der Waals surface area contributed by atoms with E-state index in [1.807, 2.05) is 0 Å². The number of nitrogens with zero attached hydrogens (tertiary/aromatic N) is 2. The fraction of sp³-hybridized carbons (Fsp3) is 0.556. The summed E-state index contributed by atoms with van der Waals surface area (Å²) >= 11 is 5.37. The van der Waals surface area contributed by atoms with Gasteiger partial charge < -0.3 is 10.1 Å². The summed E-state index contributed by atoms with van der Waals surface area (Å²) in [6, 6.07) is 4.90. The van der Waals surface area contributed by atoms with Gasteiger partial charge in [-0.2, -0.15) is 8.42 Å². The molecule has 0 aliphatic rings. The van der Waals surface area contributed by atoms with Crippen molar-refractivity contribution in [2.45, 2.75) is 52.0 Å². The molecule has 0 aromatic heterocycles. The second kappa shape index (κ2) is 11.7. The first-order chi connectivity index (χ1) is 12.9. The molecule has 0 spiro atoms. The molecule has 1 aromatic rings. The maximum atomic E-state index is 13.0. The molecular formula is C18H27N3O4S2. The molecule has 0 fully saturated rings. The molecule has 1 amide bonds. The first-order valence-corrected chi connectivity index (χ1v) is 10.3. The number of amides is 1. The van der Waals surface area contributed by atoms with Gasteiger partial charge in [-0.25, -0.2) is 0 Å². The molecule has 0 saturated heterocycles. The minimum Gasteiger partial charge on any atom is -0.494 e. The van der Waals surface area contributed by atoms with Crippen LogP contribution < -0.4 is 10.1 Å². The van der Waals surface area contributed by atoms with Crippen LogP contribution in [0.25, 0.3) is 0 Å². The number of nitrogens with one attached hydrogen (secondary N) is 1. The molecule has 0 bridgehead atoms. The van der Waals surface area contributed by atoms with Crippen molar-refractivity contribution in [2.24, 2.45) is 4.36 Å². The zero-order chi connectivity index (χ0) is 20.4. The van der Waals surface area contributed by atoms with Crippen molar-refractivity contribution < 1.29 is 17.9 Å². The minimum absolute atomic E-state index is 0.0315. The Bertz CT molecular complexity index is 780. The quantitative estimate of drug-likeness (QED) is 0.625. The van der Waals surface area contributed by atoms with Crippen LogP contribution in [-0.2, 0) is 21.7 Å². The lowest BCUT2D eigenvalue weighted by Gasteiger charge is -2.32. The number of ether oxygens (including phenoxy) is 1. The standard InChI is InChI=1S/C18H27N3O4S2/c1-5-7-14(8-6-2)21(18(26)19-3)17(22)12-13-9-10-16(25-4)15(11-13)20-27(23)24/h9-11,14H,5-8,12H2,1-4H3,(H,19,26). The lowest BCUT2D eigenvalue weighted by Crippen LogP contribution is -2.49. The number of thiocarbonyl (C=S) groups is 1. The van der Waals surface area contributed by atoms with Gasteiger partial charge in [-0.3, -0.25) is 9.69 Å². The fourth-order valence-corrected chi connectivity index (χ4v) is 3.48. The molecule has 9 heteroatoms. The lowest BCUT2D eigenvalue weighted by molar-refractivity contribution is -0.128. The van der Waals surface area contributed by atoms with Crippen LogP contribution >= 0.6 is 12.2 Å². The Balaban J connectivity index is 3.17. The first kappa shape index (κ1) is 23.0. The highest BCUT2D eigenvalue weighted by Crippen LogP contribution is 2.29. The van der Waals surface area contributed by atoms with Crippen LogP contribution in [0.1, 0.15) is 45.1 Å². The third-order valence-corrected chi connectivity index (χ3v) is 4.83. The molecule has 150 valence electrons. The van der Waals surface area contributed by atoms with Crippen molar-refractivity contribution in [1.29, 1.82) is 0 Å². The summed E-state index contributed by atoms with van der Waals surface area (Å²) in [5.74, 6) is 0.188. The van der Waals surface area contributed by atoms with Gasteiger partial charge in [-0.1, -0.05) is 32.8 Å². The highest BCUT2D eigenvalue weighted by molar-refractivity contribution is 7.80. The maximum absolute atomic E-state index is 13.0. The number of carbonyl (C=O) groups excluding carboxylic acids is 1. The second-order valence-electron chi connectivity index (χ2n) is 6.04. The summed E-state index contributed by atoms with van der Waals surface area (Å²) in [4.78, 5) is 14.7. The second-order valence-corrected chi connectivity index (χ2v) is 7.04. The number of methoxy groups -OCH3 is 1. The zero-order valence-electron chi connectivity index (χ0n) is 16.2. The Kier molecular flexibility index (Phi) is 9.95. The summed E-state index contributed by atoms with van der Waals surface area (Å²) in [5, 5.41) is 3.30. The van der Waals surface area contributed by atoms with Crippen LogP contribution in [0.5, 0.6) is 5.75 Å². The largest absolute Gasteiger partial charge is 0.494 e. The van der Waals surface area contributed by atoms with Gasteiger partial charge >= 0.3 is 10.5 Å². The molecule has 0 heterocycles. The normalized spacial score (nSPS) is 10.4. The van der Waals surface area contributed by atoms with Crippen LogP contribution in [0.4, 0.5) is 5.69 Å². The Labute approximate surface area is 167 Å². The predicted molar refractivity (Wildman–Crippen MR) is 110 cm³/mol. The molecule has 0 aliphatic carbocycles. The Morgan fingerprint density at radius 3 is 2.41 bits per heavy atom. The molecule has 0 saturated carbocycles. The van der Waals surface area contributed by atoms with E-state index in [0.29, 0.717) is 16.4 Å². The van der Waals surface area contributed by atoms with Gasteiger partial charge in [0.15, 0.2) is 5.11 Å². The molecule has 0 atom stereocenters. The van der Waals surface area contributed by atoms with Gasteiger partial charge in [0.05, 0.1) is 13.5 Å². The van der Waals surface area contributed by atoms with Crippen LogP contribution in [0.2, 0.25) is 0 Å². The van der Waals surface area contributed by atoms with Crippen molar-refractivity contribution in [3.63, 3.8) is 0 Å². The third kappa shape index (κ3) is 6.91. The zero-order valence-corrected chi connectivity index (χ0v) is 17.8. The number of carbonyl (C=O) groups is 1. The van der Waals surface area contributed by atoms with Gasteiger partial charge in [0, 0.05) is 13.1 Å². The molecule has 1 aromatic carbocycles.